The average molecular weight is 290 g/mol. The maximum Gasteiger partial charge on any atom is 0.161 e. The summed E-state index contributed by atoms with van der Waals surface area (Å²) in [6.07, 6.45) is 1.75. The first kappa shape index (κ1) is 15.2. The highest BCUT2D eigenvalue weighted by Gasteiger charge is 2.06. The van der Waals surface area contributed by atoms with Gasteiger partial charge in [-0.1, -0.05) is 18.2 Å². The van der Waals surface area contributed by atoms with Gasteiger partial charge in [0.1, 0.15) is 0 Å². The van der Waals surface area contributed by atoms with Gasteiger partial charge in [0.05, 0.1) is 37.5 Å². The maximum absolute atomic E-state index is 9.37. The SMILES string of the molecule is COc1ccc(/C=C(/C#N)c2cccc(C#N)c2)cc1OC. The van der Waals surface area contributed by atoms with Gasteiger partial charge in [-0.05, 0) is 41.5 Å². The molecule has 0 radical (unpaired) electrons. The molecule has 0 aliphatic heterocycles. The van der Waals surface area contributed by atoms with E-state index in [1.807, 2.05) is 6.07 Å². The zero-order valence-corrected chi connectivity index (χ0v) is 12.3. The molecule has 22 heavy (non-hydrogen) atoms. The third-order valence-electron chi connectivity index (χ3n) is 3.14. The van der Waals surface area contributed by atoms with E-state index in [9.17, 15) is 5.26 Å². The molecule has 0 N–H and O–H groups in total. The van der Waals surface area contributed by atoms with Crippen molar-refractivity contribution in [3.63, 3.8) is 0 Å². The van der Waals surface area contributed by atoms with Crippen LogP contribution in [0.1, 0.15) is 16.7 Å². The van der Waals surface area contributed by atoms with E-state index in [-0.39, 0.29) is 0 Å². The number of hydrogen-bond acceptors (Lipinski definition) is 4. The number of hydrogen-bond donors (Lipinski definition) is 0. The minimum Gasteiger partial charge on any atom is -0.493 e. The second kappa shape index (κ2) is 6.97. The van der Waals surface area contributed by atoms with Gasteiger partial charge in [-0.3, -0.25) is 0 Å². The van der Waals surface area contributed by atoms with Gasteiger partial charge in [0.15, 0.2) is 11.5 Å². The number of ether oxygens (including phenoxy) is 2. The molecule has 0 fully saturated rings. The highest BCUT2D eigenvalue weighted by molar-refractivity contribution is 5.90. The molecule has 0 unspecified atom stereocenters. The van der Waals surface area contributed by atoms with Crippen molar-refractivity contribution in [3.8, 4) is 23.6 Å². The van der Waals surface area contributed by atoms with Gasteiger partial charge >= 0.3 is 0 Å². The molecule has 0 bridgehead atoms. The van der Waals surface area contributed by atoms with Crippen LogP contribution in [-0.2, 0) is 0 Å². The van der Waals surface area contributed by atoms with Crippen LogP contribution >= 0.6 is 0 Å². The second-order valence-corrected chi connectivity index (χ2v) is 4.48. The van der Waals surface area contributed by atoms with E-state index in [1.165, 1.54) is 0 Å². The number of benzene rings is 2. The fourth-order valence-corrected chi connectivity index (χ4v) is 2.05. The molecule has 0 amide bonds. The van der Waals surface area contributed by atoms with E-state index in [1.54, 1.807) is 56.7 Å². The summed E-state index contributed by atoms with van der Waals surface area (Å²) in [6.45, 7) is 0. The largest absolute Gasteiger partial charge is 0.493 e. The smallest absolute Gasteiger partial charge is 0.161 e. The van der Waals surface area contributed by atoms with Crippen LogP contribution in [0, 0.1) is 22.7 Å². The van der Waals surface area contributed by atoms with E-state index in [4.69, 9.17) is 14.7 Å². The Morgan fingerprint density at radius 3 is 2.41 bits per heavy atom. The molecule has 0 aromatic heterocycles. The summed E-state index contributed by atoms with van der Waals surface area (Å²) in [6, 6.07) is 16.6. The maximum atomic E-state index is 9.37. The normalized spacial score (nSPS) is 10.5. The van der Waals surface area contributed by atoms with Crippen molar-refractivity contribution < 1.29 is 9.47 Å². The van der Waals surface area contributed by atoms with Gasteiger partial charge < -0.3 is 9.47 Å². The highest BCUT2D eigenvalue weighted by Crippen LogP contribution is 2.29. The molecule has 0 heterocycles. The van der Waals surface area contributed by atoms with Crippen molar-refractivity contribution >= 4 is 11.6 Å². The fourth-order valence-electron chi connectivity index (χ4n) is 2.05. The third kappa shape index (κ3) is 3.26. The van der Waals surface area contributed by atoms with Crippen molar-refractivity contribution in [2.24, 2.45) is 0 Å². The van der Waals surface area contributed by atoms with Crippen LogP contribution in [0.25, 0.3) is 11.6 Å². The summed E-state index contributed by atoms with van der Waals surface area (Å²) < 4.78 is 10.4. The second-order valence-electron chi connectivity index (χ2n) is 4.48. The number of rotatable bonds is 4. The Kier molecular flexibility index (Phi) is 4.80. The third-order valence-corrected chi connectivity index (χ3v) is 3.14. The van der Waals surface area contributed by atoms with Crippen molar-refractivity contribution in [3.05, 3.63) is 59.2 Å². The molecule has 0 aliphatic rings. The molecule has 2 aromatic rings. The topological polar surface area (TPSA) is 66.0 Å². The predicted molar refractivity (Wildman–Crippen MR) is 84.2 cm³/mol. The summed E-state index contributed by atoms with van der Waals surface area (Å²) in [7, 11) is 3.13. The van der Waals surface area contributed by atoms with Crippen LogP contribution in [0.3, 0.4) is 0 Å². The van der Waals surface area contributed by atoms with Crippen LogP contribution < -0.4 is 9.47 Å². The molecular formula is C18H14N2O2. The van der Waals surface area contributed by atoms with Gasteiger partial charge in [0, 0.05) is 0 Å². The average Bonchev–Trinajstić information content (AvgIpc) is 2.59. The zero-order chi connectivity index (χ0) is 15.9. The lowest BCUT2D eigenvalue weighted by molar-refractivity contribution is 0.355. The van der Waals surface area contributed by atoms with Crippen molar-refractivity contribution in [2.45, 2.75) is 0 Å². The van der Waals surface area contributed by atoms with Gasteiger partial charge in [0.25, 0.3) is 0 Å². The van der Waals surface area contributed by atoms with Gasteiger partial charge in [-0.2, -0.15) is 10.5 Å². The summed E-state index contributed by atoms with van der Waals surface area (Å²) in [5.74, 6) is 1.23. The van der Waals surface area contributed by atoms with Crippen molar-refractivity contribution in [2.75, 3.05) is 14.2 Å². The first-order chi connectivity index (χ1) is 10.7. The van der Waals surface area contributed by atoms with E-state index in [2.05, 4.69) is 12.1 Å². The molecule has 0 saturated carbocycles. The molecule has 0 aliphatic carbocycles. The Hall–Kier alpha value is -3.24. The van der Waals surface area contributed by atoms with Crippen LogP contribution in [0.4, 0.5) is 0 Å². The fraction of sp³-hybridized carbons (Fsp3) is 0.111. The van der Waals surface area contributed by atoms with Gasteiger partial charge in [-0.15, -0.1) is 0 Å². The van der Waals surface area contributed by atoms with Gasteiger partial charge in [-0.25, -0.2) is 0 Å². The van der Waals surface area contributed by atoms with Crippen LogP contribution in [0.2, 0.25) is 0 Å². The first-order valence-corrected chi connectivity index (χ1v) is 6.56. The molecular weight excluding hydrogens is 276 g/mol. The standard InChI is InChI=1S/C18H14N2O2/c1-21-17-7-6-13(10-18(17)22-2)8-16(12-20)15-5-3-4-14(9-15)11-19/h3-10H,1-2H3/b16-8-. The number of nitrogens with zero attached hydrogens (tertiary/aromatic N) is 2. The Morgan fingerprint density at radius 1 is 1.00 bits per heavy atom. The molecule has 2 aromatic carbocycles. The van der Waals surface area contributed by atoms with Crippen LogP contribution in [0.15, 0.2) is 42.5 Å². The summed E-state index contributed by atoms with van der Waals surface area (Å²) in [5, 5.41) is 18.3. The monoisotopic (exact) mass is 290 g/mol. The Labute approximate surface area is 129 Å². The Bertz CT molecular complexity index is 795. The molecule has 108 valence electrons. The Balaban J connectivity index is 2.45. The molecule has 4 heteroatoms. The molecule has 0 spiro atoms. The van der Waals surface area contributed by atoms with E-state index in [0.29, 0.717) is 28.2 Å². The van der Waals surface area contributed by atoms with E-state index in [0.717, 1.165) is 5.56 Å². The van der Waals surface area contributed by atoms with E-state index >= 15 is 0 Å². The van der Waals surface area contributed by atoms with E-state index < -0.39 is 0 Å². The molecule has 0 saturated heterocycles. The van der Waals surface area contributed by atoms with Gasteiger partial charge in [0.2, 0.25) is 0 Å². The van der Waals surface area contributed by atoms with Crippen molar-refractivity contribution in [1.82, 2.24) is 0 Å². The first-order valence-electron chi connectivity index (χ1n) is 6.56. The lowest BCUT2D eigenvalue weighted by Crippen LogP contribution is -1.91. The summed E-state index contributed by atoms with van der Waals surface area (Å²) in [5.41, 5.74) is 2.52. The van der Waals surface area contributed by atoms with Crippen LogP contribution in [-0.4, -0.2) is 14.2 Å². The number of methoxy groups -OCH3 is 2. The molecule has 2 rings (SSSR count). The minimum absolute atomic E-state index is 0.476. The zero-order valence-electron chi connectivity index (χ0n) is 12.3. The summed E-state index contributed by atoms with van der Waals surface area (Å²) in [4.78, 5) is 0. The number of nitriles is 2. The Morgan fingerprint density at radius 2 is 1.77 bits per heavy atom. The van der Waals surface area contributed by atoms with Crippen LogP contribution in [0.5, 0.6) is 11.5 Å². The lowest BCUT2D eigenvalue weighted by Gasteiger charge is -2.08. The molecule has 4 nitrogen and oxygen atoms in total. The number of allylic oxidation sites excluding steroid dienone is 1. The summed E-state index contributed by atoms with van der Waals surface area (Å²) >= 11 is 0. The van der Waals surface area contributed by atoms with Crippen molar-refractivity contribution in [1.29, 1.82) is 10.5 Å². The lowest BCUT2D eigenvalue weighted by atomic mass is 10.0. The minimum atomic E-state index is 0.476. The highest BCUT2D eigenvalue weighted by atomic mass is 16.5. The molecule has 0 atom stereocenters. The quantitative estimate of drug-likeness (QED) is 0.637. The predicted octanol–water partition coefficient (Wildman–Crippen LogP) is 3.64.